The Bertz CT molecular complexity index is 1430. The number of fused-ring (bicyclic) bond motifs is 1. The lowest BCUT2D eigenvalue weighted by molar-refractivity contribution is -0.110. The van der Waals surface area contributed by atoms with E-state index in [0.29, 0.717) is 28.0 Å². The Morgan fingerprint density at radius 1 is 1.03 bits per heavy atom. The molecule has 0 spiro atoms. The first kappa shape index (κ1) is 24.6. The zero-order valence-corrected chi connectivity index (χ0v) is 21.7. The number of amides is 3. The Morgan fingerprint density at radius 3 is 2.43 bits per heavy atom. The minimum Gasteiger partial charge on any atom is -0.358 e. The number of benzene rings is 2. The van der Waals surface area contributed by atoms with Gasteiger partial charge in [-0.2, -0.15) is 0 Å². The van der Waals surface area contributed by atoms with Crippen molar-refractivity contribution >= 4 is 35.1 Å². The SMILES string of the molecule is Cc1ccc([C@@H](C)NC(=O)c2ccc3c(c2)/C(=C/c2[nH]c(C)c(C(=O)N4CCCC4)c2C)C(=O)N3)cc1. The third-order valence-electron chi connectivity index (χ3n) is 7.36. The molecule has 3 heterocycles. The van der Waals surface area contributed by atoms with Gasteiger partial charge in [-0.05, 0) is 75.9 Å². The molecule has 0 radical (unpaired) electrons. The molecular weight excluding hydrogens is 464 g/mol. The molecule has 0 unspecified atom stereocenters. The maximum Gasteiger partial charge on any atom is 0.256 e. The lowest BCUT2D eigenvalue weighted by Crippen LogP contribution is -2.28. The van der Waals surface area contributed by atoms with Crippen LogP contribution in [0.3, 0.4) is 0 Å². The molecule has 2 aromatic carbocycles. The third-order valence-corrected chi connectivity index (χ3v) is 7.36. The van der Waals surface area contributed by atoms with Gasteiger partial charge in [-0.15, -0.1) is 0 Å². The van der Waals surface area contributed by atoms with Gasteiger partial charge < -0.3 is 20.5 Å². The van der Waals surface area contributed by atoms with Gasteiger partial charge in [0.25, 0.3) is 17.7 Å². The van der Waals surface area contributed by atoms with Crippen LogP contribution in [-0.2, 0) is 4.79 Å². The van der Waals surface area contributed by atoms with E-state index in [1.165, 1.54) is 0 Å². The Kier molecular flexibility index (Phi) is 6.46. The number of aryl methyl sites for hydroxylation is 2. The van der Waals surface area contributed by atoms with Crippen molar-refractivity contribution in [2.24, 2.45) is 0 Å². The molecule has 0 saturated carbocycles. The number of aromatic amines is 1. The first-order valence-electron chi connectivity index (χ1n) is 12.8. The van der Waals surface area contributed by atoms with Gasteiger partial charge in [0.05, 0.1) is 17.2 Å². The van der Waals surface area contributed by atoms with Crippen LogP contribution >= 0.6 is 0 Å². The number of hydrogen-bond donors (Lipinski definition) is 3. The monoisotopic (exact) mass is 496 g/mol. The highest BCUT2D eigenvalue weighted by Gasteiger charge is 2.28. The van der Waals surface area contributed by atoms with Gasteiger partial charge in [0.15, 0.2) is 0 Å². The Morgan fingerprint density at radius 2 is 1.73 bits per heavy atom. The molecule has 2 aliphatic rings. The second-order valence-electron chi connectivity index (χ2n) is 10.0. The van der Waals surface area contributed by atoms with Crippen LogP contribution in [0.2, 0.25) is 0 Å². The number of hydrogen-bond acceptors (Lipinski definition) is 3. The molecular formula is C30H32N4O3. The van der Waals surface area contributed by atoms with Crippen LogP contribution in [0.25, 0.3) is 11.6 Å². The maximum absolute atomic E-state index is 13.1. The minimum atomic E-state index is -0.236. The van der Waals surface area contributed by atoms with E-state index in [1.807, 2.05) is 56.9 Å². The van der Waals surface area contributed by atoms with E-state index < -0.39 is 0 Å². The van der Waals surface area contributed by atoms with Gasteiger partial charge in [-0.1, -0.05) is 29.8 Å². The Labute approximate surface area is 217 Å². The van der Waals surface area contributed by atoms with Crippen molar-refractivity contribution in [2.45, 2.75) is 46.6 Å². The van der Waals surface area contributed by atoms with Crippen molar-refractivity contribution in [3.05, 3.63) is 87.2 Å². The molecule has 0 bridgehead atoms. The van der Waals surface area contributed by atoms with Gasteiger partial charge in [-0.3, -0.25) is 14.4 Å². The second kappa shape index (κ2) is 9.73. The number of aromatic nitrogens is 1. The second-order valence-corrected chi connectivity index (χ2v) is 10.0. The number of rotatable bonds is 5. The van der Waals surface area contributed by atoms with Crippen LogP contribution in [0.5, 0.6) is 0 Å². The fraction of sp³-hybridized carbons (Fsp3) is 0.300. The van der Waals surface area contributed by atoms with Crippen molar-refractivity contribution in [3.8, 4) is 0 Å². The average molecular weight is 497 g/mol. The lowest BCUT2D eigenvalue weighted by Gasteiger charge is -2.15. The molecule has 5 rings (SSSR count). The topological polar surface area (TPSA) is 94.3 Å². The summed E-state index contributed by atoms with van der Waals surface area (Å²) in [6.45, 7) is 9.33. The van der Waals surface area contributed by atoms with E-state index in [2.05, 4.69) is 15.6 Å². The fourth-order valence-electron chi connectivity index (χ4n) is 5.15. The predicted molar refractivity (Wildman–Crippen MR) is 145 cm³/mol. The summed E-state index contributed by atoms with van der Waals surface area (Å²) in [7, 11) is 0. The number of nitrogens with one attached hydrogen (secondary N) is 3. The standard InChI is InChI=1S/C30H32N4O3/c1-17-7-9-21(10-8-17)19(3)32-28(35)22-11-12-25-23(15-22)24(29(36)33-25)16-26-18(2)27(20(4)31-26)30(37)34-13-5-6-14-34/h7-12,15-16,19,31H,5-6,13-14H2,1-4H3,(H,32,35)(H,33,36)/b24-16-/t19-/m1/s1. The van der Waals surface area contributed by atoms with E-state index >= 15 is 0 Å². The summed E-state index contributed by atoms with van der Waals surface area (Å²) in [6, 6.07) is 13.1. The fourth-order valence-corrected chi connectivity index (χ4v) is 5.15. The van der Waals surface area contributed by atoms with E-state index in [-0.39, 0.29) is 23.8 Å². The summed E-state index contributed by atoms with van der Waals surface area (Å²) < 4.78 is 0. The Balaban J connectivity index is 1.42. The molecule has 3 aromatic rings. The van der Waals surface area contributed by atoms with Crippen LogP contribution in [0.15, 0.2) is 42.5 Å². The molecule has 7 heteroatoms. The largest absolute Gasteiger partial charge is 0.358 e. The number of anilines is 1. The zero-order valence-electron chi connectivity index (χ0n) is 21.7. The molecule has 1 fully saturated rings. The number of nitrogens with zero attached hydrogens (tertiary/aromatic N) is 1. The van der Waals surface area contributed by atoms with Gasteiger partial charge in [0.1, 0.15) is 0 Å². The number of carbonyl (C=O) groups is 3. The maximum atomic E-state index is 13.1. The van der Waals surface area contributed by atoms with Crippen molar-refractivity contribution in [3.63, 3.8) is 0 Å². The third kappa shape index (κ3) is 4.69. The van der Waals surface area contributed by atoms with Crippen LogP contribution in [0.4, 0.5) is 5.69 Å². The summed E-state index contributed by atoms with van der Waals surface area (Å²) in [5.74, 6) is -0.411. The first-order chi connectivity index (χ1) is 17.7. The smallest absolute Gasteiger partial charge is 0.256 e. The molecule has 0 aliphatic carbocycles. The average Bonchev–Trinajstić information content (AvgIpc) is 3.58. The predicted octanol–water partition coefficient (Wildman–Crippen LogP) is 5.16. The summed E-state index contributed by atoms with van der Waals surface area (Å²) in [6.07, 6.45) is 3.84. The lowest BCUT2D eigenvalue weighted by atomic mass is 10.0. The van der Waals surface area contributed by atoms with E-state index in [1.54, 1.807) is 24.3 Å². The number of H-pyrrole nitrogens is 1. The van der Waals surface area contributed by atoms with E-state index in [9.17, 15) is 14.4 Å². The molecule has 1 atom stereocenters. The molecule has 37 heavy (non-hydrogen) atoms. The molecule has 2 aliphatic heterocycles. The van der Waals surface area contributed by atoms with Crippen LogP contribution in [-0.4, -0.2) is 40.7 Å². The van der Waals surface area contributed by atoms with Crippen molar-refractivity contribution in [1.82, 2.24) is 15.2 Å². The normalized spacial score (nSPS) is 16.6. The van der Waals surface area contributed by atoms with Crippen LogP contribution in [0, 0.1) is 20.8 Å². The highest BCUT2D eigenvalue weighted by atomic mass is 16.2. The highest BCUT2D eigenvalue weighted by Crippen LogP contribution is 2.35. The van der Waals surface area contributed by atoms with Gasteiger partial charge in [0.2, 0.25) is 0 Å². The van der Waals surface area contributed by atoms with Crippen molar-refractivity contribution < 1.29 is 14.4 Å². The Hall–Kier alpha value is -4.13. The highest BCUT2D eigenvalue weighted by molar-refractivity contribution is 6.35. The van der Waals surface area contributed by atoms with E-state index in [4.69, 9.17) is 0 Å². The van der Waals surface area contributed by atoms with E-state index in [0.717, 1.165) is 54.0 Å². The molecule has 3 N–H and O–H groups in total. The van der Waals surface area contributed by atoms with Gasteiger partial charge in [-0.25, -0.2) is 0 Å². The quantitative estimate of drug-likeness (QED) is 0.426. The summed E-state index contributed by atoms with van der Waals surface area (Å²) in [4.78, 5) is 44.2. The summed E-state index contributed by atoms with van der Waals surface area (Å²) in [5.41, 5.74) is 7.46. The van der Waals surface area contributed by atoms with Crippen molar-refractivity contribution in [1.29, 1.82) is 0 Å². The van der Waals surface area contributed by atoms with Crippen molar-refractivity contribution in [2.75, 3.05) is 18.4 Å². The minimum absolute atomic E-state index is 0.0336. The zero-order chi connectivity index (χ0) is 26.3. The summed E-state index contributed by atoms with van der Waals surface area (Å²) in [5, 5.41) is 5.93. The molecule has 7 nitrogen and oxygen atoms in total. The molecule has 190 valence electrons. The molecule has 3 amide bonds. The summed E-state index contributed by atoms with van der Waals surface area (Å²) >= 11 is 0. The first-order valence-corrected chi connectivity index (χ1v) is 12.8. The number of likely N-dealkylation sites (tertiary alicyclic amines) is 1. The van der Waals surface area contributed by atoms with Gasteiger partial charge >= 0.3 is 0 Å². The number of carbonyl (C=O) groups excluding carboxylic acids is 3. The van der Waals surface area contributed by atoms with Crippen LogP contribution in [0.1, 0.15) is 80.2 Å². The van der Waals surface area contributed by atoms with Crippen LogP contribution < -0.4 is 10.6 Å². The van der Waals surface area contributed by atoms with Gasteiger partial charge in [0, 0.05) is 41.3 Å². The molecule has 1 aromatic heterocycles. The molecule has 1 saturated heterocycles.